The van der Waals surface area contributed by atoms with E-state index in [-0.39, 0.29) is 5.57 Å². The van der Waals surface area contributed by atoms with Crippen LogP contribution < -0.4 is 10.6 Å². The van der Waals surface area contributed by atoms with Gasteiger partial charge in [0.2, 0.25) is 5.91 Å². The molecule has 1 rings (SSSR count). The summed E-state index contributed by atoms with van der Waals surface area (Å²) in [5.41, 5.74) is 0.872. The van der Waals surface area contributed by atoms with Gasteiger partial charge < -0.3 is 20.5 Å². The number of methoxy groups -OCH3 is 1. The van der Waals surface area contributed by atoms with E-state index in [1.165, 1.54) is 38.3 Å². The average molecular weight is 320 g/mol. The predicted molar refractivity (Wildman–Crippen MR) is 80.8 cm³/mol. The maximum Gasteiger partial charge on any atom is 0.337 e. The summed E-state index contributed by atoms with van der Waals surface area (Å²) in [6.45, 7) is 0.887. The maximum atomic E-state index is 11.9. The number of rotatable bonds is 6. The van der Waals surface area contributed by atoms with Gasteiger partial charge in [-0.2, -0.15) is 0 Å². The molecule has 0 fully saturated rings. The number of carboxylic acids is 1. The summed E-state index contributed by atoms with van der Waals surface area (Å²) in [5, 5.41) is 13.1. The first-order valence-electron chi connectivity index (χ1n) is 6.51. The van der Waals surface area contributed by atoms with Gasteiger partial charge in [0.15, 0.2) is 0 Å². The average Bonchev–Trinajstić information content (AvgIpc) is 2.52. The Hall–Kier alpha value is -3.16. The quantitative estimate of drug-likeness (QED) is 0.520. The van der Waals surface area contributed by atoms with Gasteiger partial charge in [0.1, 0.15) is 6.54 Å². The molecule has 0 bridgehead atoms. The smallest absolute Gasteiger partial charge is 0.337 e. The molecule has 0 aliphatic rings. The summed E-state index contributed by atoms with van der Waals surface area (Å²) in [7, 11) is 1.27. The van der Waals surface area contributed by atoms with Crippen molar-refractivity contribution >= 4 is 29.4 Å². The fraction of sp³-hybridized carbons (Fsp3) is 0.200. The van der Waals surface area contributed by atoms with E-state index in [4.69, 9.17) is 5.11 Å². The van der Waals surface area contributed by atoms with Crippen molar-refractivity contribution < 1.29 is 29.0 Å². The monoisotopic (exact) mass is 320 g/mol. The predicted octanol–water partition coefficient (Wildman–Crippen LogP) is 0.559. The van der Waals surface area contributed by atoms with Crippen LogP contribution in [0, 0.1) is 0 Å². The maximum absolute atomic E-state index is 11.9. The van der Waals surface area contributed by atoms with Crippen LogP contribution in [-0.4, -0.2) is 42.5 Å². The van der Waals surface area contributed by atoms with Crippen molar-refractivity contribution in [1.29, 1.82) is 0 Å². The van der Waals surface area contributed by atoms with E-state index in [1.54, 1.807) is 0 Å². The topological polar surface area (TPSA) is 122 Å². The van der Waals surface area contributed by atoms with Gasteiger partial charge in [0.05, 0.1) is 12.7 Å². The normalized spacial score (nSPS) is 10.6. The van der Waals surface area contributed by atoms with Gasteiger partial charge in [-0.1, -0.05) is 0 Å². The summed E-state index contributed by atoms with van der Waals surface area (Å²) in [6.07, 6.45) is 1.00. The van der Waals surface area contributed by atoms with Crippen molar-refractivity contribution in [2.24, 2.45) is 0 Å². The lowest BCUT2D eigenvalue weighted by Gasteiger charge is -2.06. The number of benzene rings is 1. The molecule has 0 heterocycles. The first-order chi connectivity index (χ1) is 10.8. The van der Waals surface area contributed by atoms with Crippen LogP contribution in [0.25, 0.3) is 0 Å². The number of carbonyl (C=O) groups is 4. The van der Waals surface area contributed by atoms with Crippen LogP contribution >= 0.6 is 0 Å². The molecule has 0 aromatic heterocycles. The molecule has 3 N–H and O–H groups in total. The van der Waals surface area contributed by atoms with E-state index in [0.717, 1.165) is 6.08 Å². The van der Waals surface area contributed by atoms with Crippen molar-refractivity contribution in [3.8, 4) is 0 Å². The standard InChI is InChI=1S/C15H16N2O6/c1-9(7-12(18)16-8-13(19)20)14(21)17-11-5-3-10(4-6-11)15(22)23-2/h3-7H,8H2,1-2H3,(H,16,18)(H,17,21)(H,19,20)/b9-7+. The molecule has 23 heavy (non-hydrogen) atoms. The molecule has 8 heteroatoms. The van der Waals surface area contributed by atoms with E-state index in [0.29, 0.717) is 11.3 Å². The fourth-order valence-corrected chi connectivity index (χ4v) is 1.51. The van der Waals surface area contributed by atoms with Crippen LogP contribution in [0.4, 0.5) is 5.69 Å². The largest absolute Gasteiger partial charge is 0.480 e. The van der Waals surface area contributed by atoms with Crippen LogP contribution in [0.15, 0.2) is 35.9 Å². The summed E-state index contributed by atoms with van der Waals surface area (Å²) in [5.74, 6) is -2.88. The third kappa shape index (κ3) is 6.00. The van der Waals surface area contributed by atoms with Gasteiger partial charge in [-0.15, -0.1) is 0 Å². The Morgan fingerprint density at radius 1 is 1.17 bits per heavy atom. The molecule has 8 nitrogen and oxygen atoms in total. The zero-order valence-electron chi connectivity index (χ0n) is 12.6. The van der Waals surface area contributed by atoms with Gasteiger partial charge in [-0.3, -0.25) is 14.4 Å². The lowest BCUT2D eigenvalue weighted by molar-refractivity contribution is -0.137. The Bertz CT molecular complexity index is 648. The van der Waals surface area contributed by atoms with Crippen LogP contribution in [0.5, 0.6) is 0 Å². The van der Waals surface area contributed by atoms with E-state index in [9.17, 15) is 19.2 Å². The molecule has 122 valence electrons. The minimum atomic E-state index is -1.18. The van der Waals surface area contributed by atoms with Gasteiger partial charge in [-0.05, 0) is 31.2 Å². The Kier molecular flexibility index (Phi) is 6.47. The van der Waals surface area contributed by atoms with Crippen molar-refractivity contribution in [2.75, 3.05) is 19.0 Å². The van der Waals surface area contributed by atoms with Crippen LogP contribution in [0.1, 0.15) is 17.3 Å². The zero-order chi connectivity index (χ0) is 17.4. The summed E-state index contributed by atoms with van der Waals surface area (Å²) < 4.78 is 4.56. The van der Waals surface area contributed by atoms with Crippen molar-refractivity contribution in [1.82, 2.24) is 5.32 Å². The molecule has 0 aliphatic carbocycles. The highest BCUT2D eigenvalue weighted by Gasteiger charge is 2.09. The molecule has 0 atom stereocenters. The molecular formula is C15H16N2O6. The second kappa shape index (κ2) is 8.32. The Balaban J connectivity index is 2.65. The second-order valence-corrected chi connectivity index (χ2v) is 4.46. The SMILES string of the molecule is COC(=O)c1ccc(NC(=O)/C(C)=C/C(=O)NCC(=O)O)cc1. The third-order valence-corrected chi connectivity index (χ3v) is 2.68. The molecule has 0 spiro atoms. The molecule has 0 radical (unpaired) electrons. The zero-order valence-corrected chi connectivity index (χ0v) is 12.6. The molecular weight excluding hydrogens is 304 g/mol. The minimum absolute atomic E-state index is 0.102. The first-order valence-corrected chi connectivity index (χ1v) is 6.51. The highest BCUT2D eigenvalue weighted by atomic mass is 16.5. The van der Waals surface area contributed by atoms with Crippen LogP contribution in [-0.2, 0) is 19.1 Å². The van der Waals surface area contributed by atoms with Gasteiger partial charge in [-0.25, -0.2) is 4.79 Å². The number of aliphatic carboxylic acids is 1. The Labute approximate surface area is 132 Å². The summed E-state index contributed by atoms with van der Waals surface area (Å²) in [6, 6.07) is 6.00. The summed E-state index contributed by atoms with van der Waals surface area (Å²) >= 11 is 0. The summed E-state index contributed by atoms with van der Waals surface area (Å²) in [4.78, 5) is 44.9. The number of hydrogen-bond donors (Lipinski definition) is 3. The Morgan fingerprint density at radius 2 is 1.78 bits per heavy atom. The van der Waals surface area contributed by atoms with Crippen molar-refractivity contribution in [3.05, 3.63) is 41.5 Å². The number of carbonyl (C=O) groups excluding carboxylic acids is 3. The van der Waals surface area contributed by atoms with Crippen molar-refractivity contribution in [3.63, 3.8) is 0 Å². The van der Waals surface area contributed by atoms with Crippen LogP contribution in [0.2, 0.25) is 0 Å². The number of carboxylic acid groups (broad SMARTS) is 1. The van der Waals surface area contributed by atoms with Gasteiger partial charge >= 0.3 is 11.9 Å². The molecule has 2 amide bonds. The highest BCUT2D eigenvalue weighted by molar-refractivity contribution is 6.07. The fourth-order valence-electron chi connectivity index (χ4n) is 1.51. The van der Waals surface area contributed by atoms with Gasteiger partial charge in [0, 0.05) is 17.3 Å². The highest BCUT2D eigenvalue weighted by Crippen LogP contribution is 2.11. The lowest BCUT2D eigenvalue weighted by Crippen LogP contribution is -2.28. The number of ether oxygens (including phenoxy) is 1. The van der Waals surface area contributed by atoms with Gasteiger partial charge in [0.25, 0.3) is 5.91 Å². The number of esters is 1. The third-order valence-electron chi connectivity index (χ3n) is 2.68. The molecule has 1 aromatic carbocycles. The first kappa shape index (κ1) is 17.9. The van der Waals surface area contributed by atoms with E-state index in [2.05, 4.69) is 15.4 Å². The number of nitrogens with one attached hydrogen (secondary N) is 2. The molecule has 0 saturated carbocycles. The molecule has 1 aromatic rings. The second-order valence-electron chi connectivity index (χ2n) is 4.46. The van der Waals surface area contributed by atoms with E-state index >= 15 is 0 Å². The Morgan fingerprint density at radius 3 is 2.30 bits per heavy atom. The van der Waals surface area contributed by atoms with Crippen molar-refractivity contribution in [2.45, 2.75) is 6.92 Å². The van der Waals surface area contributed by atoms with E-state index < -0.39 is 30.3 Å². The van der Waals surface area contributed by atoms with Crippen LogP contribution in [0.3, 0.4) is 0 Å². The van der Waals surface area contributed by atoms with E-state index in [1.807, 2.05) is 0 Å². The molecule has 0 unspecified atom stereocenters. The minimum Gasteiger partial charge on any atom is -0.480 e. The lowest BCUT2D eigenvalue weighted by atomic mass is 10.2. The number of anilines is 1. The number of amides is 2. The molecule has 0 saturated heterocycles. The number of hydrogen-bond acceptors (Lipinski definition) is 5. The molecule has 0 aliphatic heterocycles.